The van der Waals surface area contributed by atoms with E-state index in [1.54, 1.807) is 20.4 Å². The molecular formula is C19H29N5O2. The Morgan fingerprint density at radius 3 is 2.77 bits per heavy atom. The SMILES string of the molecule is CCOc1cc(CCCNC(=NC)NCCn2ccnc2)ccc1OC. The Kier molecular flexibility index (Phi) is 8.32. The molecule has 2 rings (SSSR count). The van der Waals surface area contributed by atoms with Gasteiger partial charge in [0.15, 0.2) is 17.5 Å². The number of benzene rings is 1. The Morgan fingerprint density at radius 1 is 1.23 bits per heavy atom. The lowest BCUT2D eigenvalue weighted by atomic mass is 10.1. The van der Waals surface area contributed by atoms with Gasteiger partial charge < -0.3 is 24.7 Å². The standard InChI is InChI=1S/C19H29N5O2/c1-4-26-18-14-16(7-8-17(18)25-3)6-5-9-22-19(20-2)23-11-13-24-12-10-21-15-24/h7-8,10,12,14-15H,4-6,9,11,13H2,1-3H3,(H2,20,22,23). The van der Waals surface area contributed by atoms with Crippen molar-refractivity contribution in [3.05, 3.63) is 42.5 Å². The molecule has 1 aromatic heterocycles. The Morgan fingerprint density at radius 2 is 2.08 bits per heavy atom. The lowest BCUT2D eigenvalue weighted by Crippen LogP contribution is -2.39. The molecule has 0 saturated carbocycles. The number of methoxy groups -OCH3 is 1. The van der Waals surface area contributed by atoms with E-state index in [1.807, 2.05) is 30.1 Å². The number of nitrogens with one attached hydrogen (secondary N) is 2. The first-order chi connectivity index (χ1) is 12.8. The number of aliphatic imine (C=N–C) groups is 1. The zero-order valence-corrected chi connectivity index (χ0v) is 15.9. The van der Waals surface area contributed by atoms with E-state index in [1.165, 1.54) is 5.56 Å². The molecule has 1 heterocycles. The summed E-state index contributed by atoms with van der Waals surface area (Å²) in [5.74, 6) is 2.39. The highest BCUT2D eigenvalue weighted by Gasteiger charge is 2.05. The fourth-order valence-corrected chi connectivity index (χ4v) is 2.59. The van der Waals surface area contributed by atoms with E-state index < -0.39 is 0 Å². The summed E-state index contributed by atoms with van der Waals surface area (Å²) in [5.41, 5.74) is 1.24. The Balaban J connectivity index is 1.70. The number of hydrogen-bond acceptors (Lipinski definition) is 4. The van der Waals surface area contributed by atoms with Crippen molar-refractivity contribution in [2.24, 2.45) is 4.99 Å². The van der Waals surface area contributed by atoms with Gasteiger partial charge in [0.05, 0.1) is 20.0 Å². The van der Waals surface area contributed by atoms with Crippen LogP contribution in [0.3, 0.4) is 0 Å². The quantitative estimate of drug-likeness (QED) is 0.386. The fraction of sp³-hybridized carbons (Fsp3) is 0.474. The average molecular weight is 359 g/mol. The monoisotopic (exact) mass is 359 g/mol. The van der Waals surface area contributed by atoms with Crippen molar-refractivity contribution in [1.29, 1.82) is 0 Å². The van der Waals surface area contributed by atoms with Crippen molar-refractivity contribution >= 4 is 5.96 Å². The molecular weight excluding hydrogens is 330 g/mol. The second kappa shape index (κ2) is 11.0. The predicted octanol–water partition coefficient (Wildman–Crippen LogP) is 2.09. The van der Waals surface area contributed by atoms with Crippen LogP contribution in [0.5, 0.6) is 11.5 Å². The van der Waals surface area contributed by atoms with E-state index in [-0.39, 0.29) is 0 Å². The molecule has 0 atom stereocenters. The van der Waals surface area contributed by atoms with Crippen LogP contribution in [-0.2, 0) is 13.0 Å². The predicted molar refractivity (Wildman–Crippen MR) is 104 cm³/mol. The molecule has 0 bridgehead atoms. The molecule has 0 spiro atoms. The largest absolute Gasteiger partial charge is 0.493 e. The summed E-state index contributed by atoms with van der Waals surface area (Å²) in [6, 6.07) is 6.10. The summed E-state index contributed by atoms with van der Waals surface area (Å²) in [6.45, 7) is 5.10. The molecule has 0 radical (unpaired) electrons. The van der Waals surface area contributed by atoms with Gasteiger partial charge in [0.1, 0.15) is 0 Å². The van der Waals surface area contributed by atoms with Gasteiger partial charge in [-0.05, 0) is 37.5 Å². The van der Waals surface area contributed by atoms with Crippen LogP contribution in [0.2, 0.25) is 0 Å². The number of ether oxygens (including phenoxy) is 2. The lowest BCUT2D eigenvalue weighted by molar-refractivity contribution is 0.310. The van der Waals surface area contributed by atoms with Crippen molar-refractivity contribution in [3.63, 3.8) is 0 Å². The maximum absolute atomic E-state index is 5.63. The summed E-state index contributed by atoms with van der Waals surface area (Å²) in [7, 11) is 3.44. The first kappa shape index (κ1) is 19.6. The Bertz CT molecular complexity index is 671. The summed E-state index contributed by atoms with van der Waals surface area (Å²) in [4.78, 5) is 8.28. The highest BCUT2D eigenvalue weighted by Crippen LogP contribution is 2.28. The molecule has 0 amide bonds. The minimum Gasteiger partial charge on any atom is -0.493 e. The number of hydrogen-bond donors (Lipinski definition) is 2. The topological polar surface area (TPSA) is 72.7 Å². The molecule has 0 saturated heterocycles. The van der Waals surface area contributed by atoms with Crippen molar-refractivity contribution in [3.8, 4) is 11.5 Å². The number of nitrogens with zero attached hydrogens (tertiary/aromatic N) is 3. The van der Waals surface area contributed by atoms with Crippen LogP contribution >= 0.6 is 0 Å². The average Bonchev–Trinajstić information content (AvgIpc) is 3.17. The Hall–Kier alpha value is -2.70. The Labute approximate surface area is 155 Å². The maximum Gasteiger partial charge on any atom is 0.191 e. The van der Waals surface area contributed by atoms with Gasteiger partial charge in [-0.25, -0.2) is 4.98 Å². The minimum absolute atomic E-state index is 0.627. The van der Waals surface area contributed by atoms with Crippen molar-refractivity contribution < 1.29 is 9.47 Å². The number of rotatable bonds is 10. The summed E-state index contributed by atoms with van der Waals surface area (Å²) in [6.07, 6.45) is 7.50. The summed E-state index contributed by atoms with van der Waals surface area (Å²) in [5, 5.41) is 6.64. The molecule has 0 aliphatic carbocycles. The summed E-state index contributed by atoms with van der Waals surface area (Å²) >= 11 is 0. The van der Waals surface area contributed by atoms with Gasteiger partial charge in [-0.15, -0.1) is 0 Å². The number of guanidine groups is 1. The van der Waals surface area contributed by atoms with E-state index in [4.69, 9.17) is 9.47 Å². The van der Waals surface area contributed by atoms with Crippen LogP contribution in [0.25, 0.3) is 0 Å². The molecule has 0 aliphatic heterocycles. The molecule has 0 unspecified atom stereocenters. The molecule has 0 aliphatic rings. The van der Waals surface area contributed by atoms with Crippen molar-refractivity contribution in [2.45, 2.75) is 26.3 Å². The third-order valence-corrected chi connectivity index (χ3v) is 3.91. The van der Waals surface area contributed by atoms with Crippen LogP contribution in [0.1, 0.15) is 18.9 Å². The smallest absolute Gasteiger partial charge is 0.191 e. The van der Waals surface area contributed by atoms with E-state index >= 15 is 0 Å². The van der Waals surface area contributed by atoms with E-state index in [9.17, 15) is 0 Å². The fourth-order valence-electron chi connectivity index (χ4n) is 2.59. The zero-order valence-electron chi connectivity index (χ0n) is 15.9. The lowest BCUT2D eigenvalue weighted by Gasteiger charge is -2.13. The van der Waals surface area contributed by atoms with Crippen LogP contribution in [0.15, 0.2) is 41.9 Å². The van der Waals surface area contributed by atoms with Crippen LogP contribution in [0, 0.1) is 0 Å². The van der Waals surface area contributed by atoms with Gasteiger partial charge in [0.2, 0.25) is 0 Å². The van der Waals surface area contributed by atoms with E-state index in [0.29, 0.717) is 6.61 Å². The number of aryl methyl sites for hydroxylation is 1. The molecule has 0 fully saturated rings. The van der Waals surface area contributed by atoms with Crippen molar-refractivity contribution in [1.82, 2.24) is 20.2 Å². The first-order valence-electron chi connectivity index (χ1n) is 8.96. The molecule has 2 aromatic rings. The highest BCUT2D eigenvalue weighted by atomic mass is 16.5. The molecule has 142 valence electrons. The van der Waals surface area contributed by atoms with Crippen LogP contribution in [0.4, 0.5) is 0 Å². The van der Waals surface area contributed by atoms with Gasteiger partial charge >= 0.3 is 0 Å². The normalized spacial score (nSPS) is 11.3. The molecule has 2 N–H and O–H groups in total. The molecule has 1 aromatic carbocycles. The first-order valence-corrected chi connectivity index (χ1v) is 8.96. The van der Waals surface area contributed by atoms with Gasteiger partial charge in [0, 0.05) is 39.1 Å². The van der Waals surface area contributed by atoms with Gasteiger partial charge in [-0.1, -0.05) is 6.07 Å². The highest BCUT2D eigenvalue weighted by molar-refractivity contribution is 5.79. The second-order valence-corrected chi connectivity index (χ2v) is 5.75. The van der Waals surface area contributed by atoms with Crippen molar-refractivity contribution in [2.75, 3.05) is 33.9 Å². The third kappa shape index (κ3) is 6.31. The molecule has 7 heteroatoms. The van der Waals surface area contributed by atoms with Gasteiger partial charge in [-0.3, -0.25) is 4.99 Å². The van der Waals surface area contributed by atoms with E-state index in [2.05, 4.69) is 32.7 Å². The van der Waals surface area contributed by atoms with E-state index in [0.717, 1.165) is 49.9 Å². The summed E-state index contributed by atoms with van der Waals surface area (Å²) < 4.78 is 13.0. The van der Waals surface area contributed by atoms with Crippen LogP contribution < -0.4 is 20.1 Å². The maximum atomic E-state index is 5.63. The number of imidazole rings is 1. The zero-order chi connectivity index (χ0) is 18.6. The molecule has 7 nitrogen and oxygen atoms in total. The van der Waals surface area contributed by atoms with Crippen LogP contribution in [-0.4, -0.2) is 49.4 Å². The second-order valence-electron chi connectivity index (χ2n) is 5.75. The molecule has 26 heavy (non-hydrogen) atoms. The third-order valence-electron chi connectivity index (χ3n) is 3.91. The minimum atomic E-state index is 0.627. The number of aromatic nitrogens is 2. The van der Waals surface area contributed by atoms with Gasteiger partial charge in [0.25, 0.3) is 0 Å². The van der Waals surface area contributed by atoms with Gasteiger partial charge in [-0.2, -0.15) is 0 Å².